The molecule has 0 atom stereocenters. The minimum atomic E-state index is -3.19. The van der Waals surface area contributed by atoms with E-state index in [2.05, 4.69) is 4.98 Å². The fraction of sp³-hybridized carbons (Fsp3) is 0.0625. The molecule has 2 aromatic carbocycles. The van der Waals surface area contributed by atoms with Crippen molar-refractivity contribution in [1.82, 2.24) is 4.98 Å². The minimum absolute atomic E-state index is 0.335. The Morgan fingerprint density at radius 1 is 0.900 bits per heavy atom. The Balaban J connectivity index is 2.16. The van der Waals surface area contributed by atoms with E-state index in [4.69, 9.17) is 0 Å². The molecule has 3 nitrogen and oxygen atoms in total. The van der Waals surface area contributed by atoms with Crippen molar-refractivity contribution in [2.24, 2.45) is 0 Å². The van der Waals surface area contributed by atoms with Crippen molar-refractivity contribution >= 4 is 20.7 Å². The Kier molecular flexibility index (Phi) is 3.03. The second-order valence-corrected chi connectivity index (χ2v) is 6.73. The van der Waals surface area contributed by atoms with Gasteiger partial charge in [-0.25, -0.2) is 8.42 Å². The van der Waals surface area contributed by atoms with Gasteiger partial charge >= 0.3 is 0 Å². The van der Waals surface area contributed by atoms with E-state index >= 15 is 0 Å². The predicted octanol–water partition coefficient (Wildman–Crippen LogP) is 3.31. The Morgan fingerprint density at radius 2 is 1.70 bits per heavy atom. The van der Waals surface area contributed by atoms with Crippen molar-refractivity contribution in [1.29, 1.82) is 0 Å². The minimum Gasteiger partial charge on any atom is -0.256 e. The van der Waals surface area contributed by atoms with Crippen molar-refractivity contribution in [2.75, 3.05) is 6.26 Å². The van der Waals surface area contributed by atoms with Crippen LogP contribution in [0.3, 0.4) is 0 Å². The van der Waals surface area contributed by atoms with Crippen LogP contribution >= 0.6 is 0 Å². The molecule has 0 saturated carbocycles. The van der Waals surface area contributed by atoms with Gasteiger partial charge in [0, 0.05) is 17.8 Å². The first kappa shape index (κ1) is 12.8. The van der Waals surface area contributed by atoms with Gasteiger partial charge in [-0.2, -0.15) is 0 Å². The lowest BCUT2D eigenvalue weighted by atomic mass is 10.0. The summed E-state index contributed by atoms with van der Waals surface area (Å²) in [5.74, 6) is 0. The number of benzene rings is 2. The second-order valence-electron chi connectivity index (χ2n) is 4.71. The van der Waals surface area contributed by atoms with Gasteiger partial charge in [0.05, 0.1) is 10.4 Å². The van der Waals surface area contributed by atoms with Crippen molar-refractivity contribution in [2.45, 2.75) is 4.90 Å². The third kappa shape index (κ3) is 2.42. The predicted molar refractivity (Wildman–Crippen MR) is 80.3 cm³/mol. The lowest BCUT2D eigenvalue weighted by Crippen LogP contribution is -1.96. The number of fused-ring (bicyclic) bond motifs is 1. The van der Waals surface area contributed by atoms with E-state index in [-0.39, 0.29) is 0 Å². The topological polar surface area (TPSA) is 47.0 Å². The lowest BCUT2D eigenvalue weighted by molar-refractivity contribution is 0.602. The number of sulfone groups is 1. The molecule has 100 valence electrons. The van der Waals surface area contributed by atoms with Crippen LogP contribution in [0.4, 0.5) is 0 Å². The molecule has 0 unspecified atom stereocenters. The summed E-state index contributed by atoms with van der Waals surface area (Å²) in [7, 11) is -3.19. The zero-order chi connectivity index (χ0) is 14.2. The molecule has 3 aromatic rings. The van der Waals surface area contributed by atoms with Gasteiger partial charge in [0.15, 0.2) is 9.84 Å². The molecule has 0 amide bonds. The largest absolute Gasteiger partial charge is 0.256 e. The zero-order valence-electron chi connectivity index (χ0n) is 10.9. The van der Waals surface area contributed by atoms with Gasteiger partial charge in [0.1, 0.15) is 0 Å². The quantitative estimate of drug-likeness (QED) is 0.725. The summed E-state index contributed by atoms with van der Waals surface area (Å²) < 4.78 is 23.2. The molecule has 0 radical (unpaired) electrons. The van der Waals surface area contributed by atoms with Crippen LogP contribution in [0.15, 0.2) is 65.7 Å². The first-order valence-corrected chi connectivity index (χ1v) is 8.08. The van der Waals surface area contributed by atoms with Gasteiger partial charge < -0.3 is 0 Å². The summed E-state index contributed by atoms with van der Waals surface area (Å²) in [6, 6.07) is 16.8. The van der Waals surface area contributed by atoms with Crippen LogP contribution < -0.4 is 0 Å². The fourth-order valence-electron chi connectivity index (χ4n) is 2.16. The highest BCUT2D eigenvalue weighted by Crippen LogP contribution is 2.25. The molecule has 0 N–H and O–H groups in total. The SMILES string of the molecule is CS(=O)(=O)c1cccc(-c2ccc3ncccc3c2)c1. The molecule has 4 heteroatoms. The highest BCUT2D eigenvalue weighted by atomic mass is 32.2. The highest BCUT2D eigenvalue weighted by molar-refractivity contribution is 7.90. The van der Waals surface area contributed by atoms with Gasteiger partial charge in [-0.05, 0) is 41.5 Å². The molecule has 0 aliphatic carbocycles. The van der Waals surface area contributed by atoms with Gasteiger partial charge in [0.2, 0.25) is 0 Å². The van der Waals surface area contributed by atoms with E-state index in [1.165, 1.54) is 6.26 Å². The Morgan fingerprint density at radius 3 is 2.50 bits per heavy atom. The molecular weight excluding hydrogens is 270 g/mol. The molecule has 20 heavy (non-hydrogen) atoms. The van der Waals surface area contributed by atoms with E-state index < -0.39 is 9.84 Å². The summed E-state index contributed by atoms with van der Waals surface area (Å²) in [5.41, 5.74) is 2.80. The average molecular weight is 283 g/mol. The molecule has 1 aromatic heterocycles. The Hall–Kier alpha value is -2.20. The number of hydrogen-bond acceptors (Lipinski definition) is 3. The van der Waals surface area contributed by atoms with E-state index in [0.29, 0.717) is 4.90 Å². The summed E-state index contributed by atoms with van der Waals surface area (Å²) in [4.78, 5) is 4.61. The number of pyridine rings is 1. The number of aromatic nitrogens is 1. The van der Waals surface area contributed by atoms with E-state index in [1.54, 1.807) is 24.4 Å². The third-order valence-corrected chi connectivity index (χ3v) is 4.31. The Labute approximate surface area is 117 Å². The van der Waals surface area contributed by atoms with Crippen LogP contribution in [0.5, 0.6) is 0 Å². The van der Waals surface area contributed by atoms with Crippen LogP contribution in [-0.4, -0.2) is 19.7 Å². The van der Waals surface area contributed by atoms with Gasteiger partial charge in [-0.15, -0.1) is 0 Å². The summed E-state index contributed by atoms with van der Waals surface area (Å²) >= 11 is 0. The summed E-state index contributed by atoms with van der Waals surface area (Å²) in [6.45, 7) is 0. The van der Waals surface area contributed by atoms with Gasteiger partial charge in [-0.1, -0.05) is 24.3 Å². The van der Waals surface area contributed by atoms with E-state index in [9.17, 15) is 8.42 Å². The Bertz CT molecular complexity index is 886. The molecule has 0 fully saturated rings. The smallest absolute Gasteiger partial charge is 0.175 e. The highest BCUT2D eigenvalue weighted by Gasteiger charge is 2.08. The average Bonchev–Trinajstić information content (AvgIpc) is 2.46. The summed E-state index contributed by atoms with van der Waals surface area (Å²) in [6.07, 6.45) is 2.97. The first-order chi connectivity index (χ1) is 9.54. The van der Waals surface area contributed by atoms with Crippen LogP contribution in [-0.2, 0) is 9.84 Å². The number of hydrogen-bond donors (Lipinski definition) is 0. The molecule has 0 aliphatic rings. The number of rotatable bonds is 2. The van der Waals surface area contributed by atoms with Crippen LogP contribution in [0, 0.1) is 0 Å². The molecule has 3 rings (SSSR count). The van der Waals surface area contributed by atoms with Gasteiger partial charge in [-0.3, -0.25) is 4.98 Å². The monoisotopic (exact) mass is 283 g/mol. The van der Waals surface area contributed by atoms with Crippen molar-refractivity contribution < 1.29 is 8.42 Å². The first-order valence-electron chi connectivity index (χ1n) is 6.19. The molecule has 1 heterocycles. The molecule has 0 saturated heterocycles. The standard InChI is InChI=1S/C16H13NO2S/c1-20(18,19)15-6-2-4-12(11-15)13-7-8-16-14(10-13)5-3-9-17-16/h2-11H,1H3. The van der Waals surface area contributed by atoms with Crippen molar-refractivity contribution in [3.05, 3.63) is 60.8 Å². The molecule has 0 spiro atoms. The lowest BCUT2D eigenvalue weighted by Gasteiger charge is -2.05. The molecule has 0 bridgehead atoms. The van der Waals surface area contributed by atoms with E-state index in [1.807, 2.05) is 36.4 Å². The molecular formula is C16H13NO2S. The summed E-state index contributed by atoms with van der Waals surface area (Å²) in [5, 5.41) is 1.04. The maximum absolute atomic E-state index is 11.6. The van der Waals surface area contributed by atoms with Crippen LogP contribution in [0.2, 0.25) is 0 Å². The fourth-order valence-corrected chi connectivity index (χ4v) is 2.83. The third-order valence-electron chi connectivity index (χ3n) is 3.20. The zero-order valence-corrected chi connectivity index (χ0v) is 11.8. The van der Waals surface area contributed by atoms with Gasteiger partial charge in [0.25, 0.3) is 0 Å². The number of nitrogens with zero attached hydrogens (tertiary/aromatic N) is 1. The van der Waals surface area contributed by atoms with Crippen molar-refractivity contribution in [3.8, 4) is 11.1 Å². The van der Waals surface area contributed by atoms with Crippen LogP contribution in [0.1, 0.15) is 0 Å². The van der Waals surface area contributed by atoms with Crippen molar-refractivity contribution in [3.63, 3.8) is 0 Å². The second kappa shape index (κ2) is 4.72. The van der Waals surface area contributed by atoms with Crippen LogP contribution in [0.25, 0.3) is 22.0 Å². The van der Waals surface area contributed by atoms with E-state index in [0.717, 1.165) is 22.0 Å². The molecule has 0 aliphatic heterocycles. The maximum Gasteiger partial charge on any atom is 0.175 e. The maximum atomic E-state index is 11.6. The normalized spacial score (nSPS) is 11.7.